The summed E-state index contributed by atoms with van der Waals surface area (Å²) in [5.41, 5.74) is 0.766. The molecule has 0 radical (unpaired) electrons. The molecular formula is C19H21NO6. The van der Waals surface area contributed by atoms with Gasteiger partial charge >= 0.3 is 5.97 Å². The predicted molar refractivity (Wildman–Crippen MR) is 96.0 cm³/mol. The summed E-state index contributed by atoms with van der Waals surface area (Å²) < 4.78 is 20.6. The Balaban J connectivity index is 2.05. The molecule has 0 saturated carbocycles. The van der Waals surface area contributed by atoms with Crippen LogP contribution >= 0.6 is 0 Å². The first-order valence-corrected chi connectivity index (χ1v) is 7.85. The van der Waals surface area contributed by atoms with Crippen LogP contribution in [0.3, 0.4) is 0 Å². The Morgan fingerprint density at radius 1 is 0.885 bits per heavy atom. The molecule has 0 aliphatic rings. The van der Waals surface area contributed by atoms with Crippen molar-refractivity contribution in [3.05, 3.63) is 48.0 Å². The average molecular weight is 359 g/mol. The van der Waals surface area contributed by atoms with E-state index < -0.39 is 18.0 Å². The first-order chi connectivity index (χ1) is 12.5. The van der Waals surface area contributed by atoms with Crippen molar-refractivity contribution in [3.8, 4) is 17.2 Å². The van der Waals surface area contributed by atoms with Gasteiger partial charge in [-0.15, -0.1) is 0 Å². The van der Waals surface area contributed by atoms with Crippen molar-refractivity contribution in [3.63, 3.8) is 0 Å². The summed E-state index contributed by atoms with van der Waals surface area (Å²) in [4.78, 5) is 24.6. The number of methoxy groups -OCH3 is 3. The van der Waals surface area contributed by atoms with Gasteiger partial charge in [0, 0.05) is 17.8 Å². The van der Waals surface area contributed by atoms with E-state index in [0.29, 0.717) is 22.9 Å². The van der Waals surface area contributed by atoms with Crippen LogP contribution in [0.1, 0.15) is 17.3 Å². The summed E-state index contributed by atoms with van der Waals surface area (Å²) >= 11 is 0. The van der Waals surface area contributed by atoms with Crippen LogP contribution in [0.2, 0.25) is 0 Å². The van der Waals surface area contributed by atoms with Crippen LogP contribution in [0, 0.1) is 0 Å². The molecule has 7 heteroatoms. The lowest BCUT2D eigenvalue weighted by atomic mass is 10.2. The molecule has 0 aliphatic heterocycles. The molecule has 2 aromatic rings. The molecule has 2 aromatic carbocycles. The minimum Gasteiger partial charge on any atom is -0.497 e. The average Bonchev–Trinajstić information content (AvgIpc) is 2.67. The van der Waals surface area contributed by atoms with E-state index in [0.717, 1.165) is 0 Å². The SMILES string of the molecule is COc1cccc(NC(=O)[C@H](C)OC(=O)c2cc(OC)cc(OC)c2)c1. The number of rotatable bonds is 7. The third-order valence-electron chi connectivity index (χ3n) is 3.58. The fraction of sp³-hybridized carbons (Fsp3) is 0.263. The lowest BCUT2D eigenvalue weighted by Gasteiger charge is -2.15. The maximum Gasteiger partial charge on any atom is 0.339 e. The quantitative estimate of drug-likeness (QED) is 0.766. The van der Waals surface area contributed by atoms with E-state index in [2.05, 4.69) is 5.32 Å². The topological polar surface area (TPSA) is 83.1 Å². The van der Waals surface area contributed by atoms with Gasteiger partial charge in [-0.25, -0.2) is 4.79 Å². The van der Waals surface area contributed by atoms with E-state index >= 15 is 0 Å². The zero-order valence-electron chi connectivity index (χ0n) is 15.1. The van der Waals surface area contributed by atoms with Gasteiger partial charge in [0.2, 0.25) is 0 Å². The smallest absolute Gasteiger partial charge is 0.339 e. The number of ether oxygens (including phenoxy) is 4. The number of benzene rings is 2. The Bertz CT molecular complexity index is 767. The summed E-state index contributed by atoms with van der Waals surface area (Å²) in [6.07, 6.45) is -0.995. The summed E-state index contributed by atoms with van der Waals surface area (Å²) in [5, 5.41) is 2.67. The second-order valence-electron chi connectivity index (χ2n) is 5.37. The van der Waals surface area contributed by atoms with Gasteiger partial charge in [-0.05, 0) is 31.2 Å². The maximum absolute atomic E-state index is 12.3. The fourth-order valence-electron chi connectivity index (χ4n) is 2.15. The first-order valence-electron chi connectivity index (χ1n) is 7.85. The monoisotopic (exact) mass is 359 g/mol. The Morgan fingerprint density at radius 3 is 2.08 bits per heavy atom. The van der Waals surface area contributed by atoms with E-state index in [9.17, 15) is 9.59 Å². The molecule has 26 heavy (non-hydrogen) atoms. The highest BCUT2D eigenvalue weighted by atomic mass is 16.5. The molecule has 0 spiro atoms. The molecule has 0 aliphatic carbocycles. The van der Waals surface area contributed by atoms with E-state index in [1.807, 2.05) is 0 Å². The van der Waals surface area contributed by atoms with Crippen LogP contribution < -0.4 is 19.5 Å². The third kappa shape index (κ3) is 4.89. The number of nitrogens with one attached hydrogen (secondary N) is 1. The molecule has 0 saturated heterocycles. The van der Waals surface area contributed by atoms with Crippen molar-refractivity contribution >= 4 is 17.6 Å². The van der Waals surface area contributed by atoms with Crippen molar-refractivity contribution in [2.45, 2.75) is 13.0 Å². The highest BCUT2D eigenvalue weighted by Gasteiger charge is 2.20. The second kappa shape index (κ2) is 8.75. The highest BCUT2D eigenvalue weighted by molar-refractivity contribution is 5.97. The fourth-order valence-corrected chi connectivity index (χ4v) is 2.15. The molecule has 7 nitrogen and oxygen atoms in total. The Morgan fingerprint density at radius 2 is 1.50 bits per heavy atom. The molecule has 0 aromatic heterocycles. The van der Waals surface area contributed by atoms with Crippen LogP contribution in [0.15, 0.2) is 42.5 Å². The number of carbonyl (C=O) groups excluding carboxylic acids is 2. The van der Waals surface area contributed by atoms with Crippen LogP contribution in [0.5, 0.6) is 17.2 Å². The highest BCUT2D eigenvalue weighted by Crippen LogP contribution is 2.23. The molecule has 0 bridgehead atoms. The van der Waals surface area contributed by atoms with E-state index in [4.69, 9.17) is 18.9 Å². The minimum absolute atomic E-state index is 0.224. The summed E-state index contributed by atoms with van der Waals surface area (Å²) in [5.74, 6) is 0.391. The van der Waals surface area contributed by atoms with Gasteiger partial charge in [0.05, 0.1) is 26.9 Å². The lowest BCUT2D eigenvalue weighted by Crippen LogP contribution is -2.30. The Labute approximate surface area is 151 Å². The van der Waals surface area contributed by atoms with E-state index in [-0.39, 0.29) is 5.56 Å². The van der Waals surface area contributed by atoms with Crippen molar-refractivity contribution in [2.24, 2.45) is 0 Å². The maximum atomic E-state index is 12.3. The molecule has 0 unspecified atom stereocenters. The van der Waals surface area contributed by atoms with E-state index in [1.54, 1.807) is 30.3 Å². The zero-order chi connectivity index (χ0) is 19.1. The number of anilines is 1. The molecular weight excluding hydrogens is 338 g/mol. The van der Waals surface area contributed by atoms with Crippen molar-refractivity contribution in [1.82, 2.24) is 0 Å². The van der Waals surface area contributed by atoms with Crippen LogP contribution in [-0.2, 0) is 9.53 Å². The molecule has 138 valence electrons. The zero-order valence-corrected chi connectivity index (χ0v) is 15.1. The molecule has 0 fully saturated rings. The first kappa shape index (κ1) is 19.1. The van der Waals surface area contributed by atoms with Gasteiger partial charge in [-0.1, -0.05) is 6.07 Å². The molecule has 1 amide bonds. The number of esters is 1. The number of amides is 1. The Kier molecular flexibility index (Phi) is 6.43. The molecule has 1 atom stereocenters. The molecule has 1 N–H and O–H groups in total. The number of hydrogen-bond acceptors (Lipinski definition) is 6. The van der Waals surface area contributed by atoms with Gasteiger partial charge in [0.25, 0.3) is 5.91 Å². The normalized spacial score (nSPS) is 11.2. The molecule has 2 rings (SSSR count). The van der Waals surface area contributed by atoms with Crippen LogP contribution in [0.25, 0.3) is 0 Å². The van der Waals surface area contributed by atoms with Gasteiger partial charge in [0.1, 0.15) is 17.2 Å². The van der Waals surface area contributed by atoms with Gasteiger partial charge < -0.3 is 24.3 Å². The van der Waals surface area contributed by atoms with Crippen molar-refractivity contribution in [2.75, 3.05) is 26.6 Å². The standard InChI is InChI=1S/C19H21NO6/c1-12(18(21)20-14-6-5-7-15(10-14)23-2)26-19(22)13-8-16(24-3)11-17(9-13)25-4/h5-12H,1-4H3,(H,20,21)/t12-/m0/s1. The minimum atomic E-state index is -0.995. The Hall–Kier alpha value is -3.22. The summed E-state index contributed by atoms with van der Waals surface area (Å²) in [6, 6.07) is 11.5. The van der Waals surface area contributed by atoms with Crippen LogP contribution in [-0.4, -0.2) is 39.3 Å². The largest absolute Gasteiger partial charge is 0.497 e. The van der Waals surface area contributed by atoms with Gasteiger partial charge in [-0.2, -0.15) is 0 Å². The summed E-state index contributed by atoms with van der Waals surface area (Å²) in [7, 11) is 4.50. The summed E-state index contributed by atoms with van der Waals surface area (Å²) in [6.45, 7) is 1.49. The predicted octanol–water partition coefficient (Wildman–Crippen LogP) is 2.90. The van der Waals surface area contributed by atoms with Gasteiger partial charge in [0.15, 0.2) is 6.10 Å². The number of carbonyl (C=O) groups is 2. The van der Waals surface area contributed by atoms with E-state index in [1.165, 1.54) is 40.4 Å². The second-order valence-corrected chi connectivity index (χ2v) is 5.37. The van der Waals surface area contributed by atoms with Crippen LogP contribution in [0.4, 0.5) is 5.69 Å². The lowest BCUT2D eigenvalue weighted by molar-refractivity contribution is -0.123. The van der Waals surface area contributed by atoms with Gasteiger partial charge in [-0.3, -0.25) is 4.79 Å². The van der Waals surface area contributed by atoms with Crippen molar-refractivity contribution < 1.29 is 28.5 Å². The van der Waals surface area contributed by atoms with Crippen molar-refractivity contribution in [1.29, 1.82) is 0 Å². The molecule has 0 heterocycles. The number of hydrogen-bond donors (Lipinski definition) is 1. The third-order valence-corrected chi connectivity index (χ3v) is 3.58.